The van der Waals surface area contributed by atoms with Gasteiger partial charge in [0.15, 0.2) is 0 Å². The van der Waals surface area contributed by atoms with E-state index < -0.39 is 0 Å². The number of hydrogen-bond acceptors (Lipinski definition) is 2. The fourth-order valence-electron chi connectivity index (χ4n) is 4.39. The summed E-state index contributed by atoms with van der Waals surface area (Å²) in [6, 6.07) is 17.7. The van der Waals surface area contributed by atoms with Crippen LogP contribution in [-0.4, -0.2) is 38.7 Å². The highest BCUT2D eigenvalue weighted by Gasteiger charge is 2.43. The smallest absolute Gasteiger partial charge is 0.258 e. The van der Waals surface area contributed by atoms with Gasteiger partial charge < -0.3 is 9.64 Å². The standard InChI is InChI=1S/C21H24N2O2/c1-25-20-10-6-5-9-18(20)23(21(24)17-7-3-2-4-8-17)19-15-22-13-11-16(19)12-14-22/h2-10,16,19H,11-15H2,1H3/p+1/t19-/m0/s1. The minimum atomic E-state index is 0.0725. The number of carbonyl (C=O) groups is 1. The highest BCUT2D eigenvalue weighted by Crippen LogP contribution is 2.34. The van der Waals surface area contributed by atoms with Crippen LogP contribution in [0.3, 0.4) is 0 Å². The van der Waals surface area contributed by atoms with Crippen molar-refractivity contribution in [3.8, 4) is 5.75 Å². The van der Waals surface area contributed by atoms with E-state index in [4.69, 9.17) is 4.74 Å². The summed E-state index contributed by atoms with van der Waals surface area (Å²) < 4.78 is 5.58. The van der Waals surface area contributed by atoms with Crippen molar-refractivity contribution in [2.24, 2.45) is 5.92 Å². The lowest BCUT2D eigenvalue weighted by molar-refractivity contribution is -0.917. The summed E-state index contributed by atoms with van der Waals surface area (Å²) >= 11 is 0. The van der Waals surface area contributed by atoms with Gasteiger partial charge >= 0.3 is 0 Å². The maximum atomic E-state index is 13.5. The number of benzene rings is 2. The molecule has 1 N–H and O–H groups in total. The third-order valence-corrected chi connectivity index (χ3v) is 5.70. The summed E-state index contributed by atoms with van der Waals surface area (Å²) in [5.41, 5.74) is 1.62. The molecular formula is C21H25N2O2+. The van der Waals surface area contributed by atoms with Crippen LogP contribution in [0.4, 0.5) is 5.69 Å². The molecule has 3 aliphatic rings. The van der Waals surface area contributed by atoms with Gasteiger partial charge in [0, 0.05) is 18.4 Å². The van der Waals surface area contributed by atoms with Gasteiger partial charge in [0.25, 0.3) is 5.91 Å². The van der Waals surface area contributed by atoms with Crippen LogP contribution in [-0.2, 0) is 0 Å². The first-order chi connectivity index (χ1) is 12.3. The zero-order valence-corrected chi connectivity index (χ0v) is 14.7. The molecule has 2 aromatic carbocycles. The van der Waals surface area contributed by atoms with Crippen molar-refractivity contribution in [2.45, 2.75) is 18.9 Å². The summed E-state index contributed by atoms with van der Waals surface area (Å²) in [6.07, 6.45) is 2.40. The summed E-state index contributed by atoms with van der Waals surface area (Å²) in [7, 11) is 1.67. The number of amides is 1. The van der Waals surface area contributed by atoms with Gasteiger partial charge in [-0.2, -0.15) is 0 Å². The SMILES string of the molecule is COc1ccccc1N(C(=O)c1ccccc1)[C@H]1C[NH+]2CCC1CC2. The molecule has 5 rings (SSSR count). The number of piperidine rings is 3. The number of hydrogen-bond donors (Lipinski definition) is 1. The molecule has 0 aromatic heterocycles. The molecule has 1 atom stereocenters. The Balaban J connectivity index is 1.77. The number of methoxy groups -OCH3 is 1. The molecule has 25 heavy (non-hydrogen) atoms. The van der Waals surface area contributed by atoms with Crippen molar-refractivity contribution in [3.05, 3.63) is 60.2 Å². The molecular weight excluding hydrogens is 312 g/mol. The molecule has 0 unspecified atom stereocenters. The maximum absolute atomic E-state index is 13.5. The second kappa shape index (κ2) is 6.89. The van der Waals surface area contributed by atoms with Crippen molar-refractivity contribution in [3.63, 3.8) is 0 Å². The van der Waals surface area contributed by atoms with Crippen LogP contribution >= 0.6 is 0 Å². The molecule has 2 aromatic rings. The van der Waals surface area contributed by atoms with Gasteiger partial charge in [0.2, 0.25) is 0 Å². The van der Waals surface area contributed by atoms with Crippen molar-refractivity contribution >= 4 is 11.6 Å². The van der Waals surface area contributed by atoms with E-state index in [0.717, 1.165) is 23.5 Å². The number of para-hydroxylation sites is 2. The maximum Gasteiger partial charge on any atom is 0.258 e. The molecule has 4 nitrogen and oxygen atoms in total. The summed E-state index contributed by atoms with van der Waals surface area (Å²) in [5.74, 6) is 1.41. The molecule has 2 bridgehead atoms. The molecule has 0 aliphatic carbocycles. The summed E-state index contributed by atoms with van der Waals surface area (Å²) in [4.78, 5) is 17.1. The van der Waals surface area contributed by atoms with E-state index in [2.05, 4.69) is 0 Å². The fourth-order valence-corrected chi connectivity index (χ4v) is 4.39. The van der Waals surface area contributed by atoms with Gasteiger partial charge in [0.1, 0.15) is 5.75 Å². The molecule has 4 heteroatoms. The Morgan fingerprint density at radius 3 is 2.36 bits per heavy atom. The first-order valence-electron chi connectivity index (χ1n) is 9.13. The van der Waals surface area contributed by atoms with Gasteiger partial charge in [-0.25, -0.2) is 0 Å². The van der Waals surface area contributed by atoms with Crippen LogP contribution in [0.5, 0.6) is 5.75 Å². The average molecular weight is 337 g/mol. The van der Waals surface area contributed by atoms with Gasteiger partial charge in [-0.15, -0.1) is 0 Å². The minimum absolute atomic E-state index is 0.0725. The highest BCUT2D eigenvalue weighted by atomic mass is 16.5. The number of fused-ring (bicyclic) bond motifs is 3. The highest BCUT2D eigenvalue weighted by molar-refractivity contribution is 6.07. The number of quaternary nitrogens is 1. The number of rotatable bonds is 4. The molecule has 3 aliphatic heterocycles. The molecule has 0 saturated carbocycles. The largest absolute Gasteiger partial charge is 0.495 e. The van der Waals surface area contributed by atoms with E-state index >= 15 is 0 Å². The Morgan fingerprint density at radius 2 is 1.72 bits per heavy atom. The summed E-state index contributed by atoms with van der Waals surface area (Å²) in [6.45, 7) is 3.50. The monoisotopic (exact) mass is 337 g/mol. The second-order valence-corrected chi connectivity index (χ2v) is 7.07. The van der Waals surface area contributed by atoms with Crippen LogP contribution in [0.25, 0.3) is 0 Å². The minimum Gasteiger partial charge on any atom is -0.495 e. The van der Waals surface area contributed by atoms with Crippen LogP contribution in [0.15, 0.2) is 54.6 Å². The zero-order chi connectivity index (χ0) is 17.2. The molecule has 3 saturated heterocycles. The number of nitrogens with one attached hydrogen (secondary N) is 1. The van der Waals surface area contributed by atoms with E-state index in [-0.39, 0.29) is 11.9 Å². The number of carbonyl (C=O) groups excluding carboxylic acids is 1. The predicted octanol–water partition coefficient (Wildman–Crippen LogP) is 2.02. The van der Waals surface area contributed by atoms with Crippen molar-refractivity contribution in [1.29, 1.82) is 0 Å². The number of ether oxygens (including phenoxy) is 1. The van der Waals surface area contributed by atoms with Crippen LogP contribution in [0.1, 0.15) is 23.2 Å². The lowest BCUT2D eigenvalue weighted by Gasteiger charge is -2.46. The second-order valence-electron chi connectivity index (χ2n) is 7.07. The zero-order valence-electron chi connectivity index (χ0n) is 14.7. The Kier molecular flexibility index (Phi) is 4.45. The molecule has 3 fully saturated rings. The molecule has 0 spiro atoms. The average Bonchev–Trinajstić information content (AvgIpc) is 2.70. The number of nitrogens with zero attached hydrogens (tertiary/aromatic N) is 1. The van der Waals surface area contributed by atoms with E-state index in [9.17, 15) is 4.79 Å². The third kappa shape index (κ3) is 3.02. The van der Waals surface area contributed by atoms with Crippen LogP contribution < -0.4 is 14.5 Å². The van der Waals surface area contributed by atoms with E-state index in [1.165, 1.54) is 25.9 Å². The quantitative estimate of drug-likeness (QED) is 0.926. The first-order valence-corrected chi connectivity index (χ1v) is 9.13. The molecule has 130 valence electrons. The van der Waals surface area contributed by atoms with E-state index in [1.54, 1.807) is 12.0 Å². The van der Waals surface area contributed by atoms with Crippen molar-refractivity contribution < 1.29 is 14.4 Å². The Hall–Kier alpha value is -2.33. The molecule has 0 radical (unpaired) electrons. The van der Waals surface area contributed by atoms with Gasteiger partial charge in [-0.1, -0.05) is 30.3 Å². The van der Waals surface area contributed by atoms with Gasteiger partial charge in [-0.3, -0.25) is 9.69 Å². The Labute approximate surface area is 149 Å². The van der Waals surface area contributed by atoms with Gasteiger partial charge in [0.05, 0.1) is 38.5 Å². The lowest BCUT2D eigenvalue weighted by Crippen LogP contribution is -3.17. The predicted molar refractivity (Wildman–Crippen MR) is 98.3 cm³/mol. The topological polar surface area (TPSA) is 34.0 Å². The summed E-state index contributed by atoms with van der Waals surface area (Å²) in [5, 5.41) is 0. The Bertz CT molecular complexity index is 739. The van der Waals surface area contributed by atoms with Crippen molar-refractivity contribution in [1.82, 2.24) is 0 Å². The number of anilines is 1. The fraction of sp³-hybridized carbons (Fsp3) is 0.381. The van der Waals surface area contributed by atoms with Crippen molar-refractivity contribution in [2.75, 3.05) is 31.6 Å². The molecule has 3 heterocycles. The normalized spacial score (nSPS) is 24.8. The van der Waals surface area contributed by atoms with E-state index in [0.29, 0.717) is 5.92 Å². The molecule has 1 amide bonds. The van der Waals surface area contributed by atoms with E-state index in [1.807, 2.05) is 59.5 Å². The van der Waals surface area contributed by atoms with Crippen LogP contribution in [0.2, 0.25) is 0 Å². The first kappa shape index (κ1) is 16.2. The van der Waals surface area contributed by atoms with Gasteiger partial charge in [-0.05, 0) is 30.2 Å². The lowest BCUT2D eigenvalue weighted by atomic mass is 9.82. The van der Waals surface area contributed by atoms with Crippen LogP contribution in [0, 0.1) is 5.92 Å². The Morgan fingerprint density at radius 1 is 1.04 bits per heavy atom. The third-order valence-electron chi connectivity index (χ3n) is 5.70.